The largest absolute Gasteiger partial charge is 0.487 e. The van der Waals surface area contributed by atoms with Crippen LogP contribution in [0.25, 0.3) is 10.9 Å². The number of aromatic nitrogens is 2. The van der Waals surface area contributed by atoms with Gasteiger partial charge in [-0.15, -0.1) is 0 Å². The number of methoxy groups -OCH3 is 1. The molecule has 1 aromatic carbocycles. The first-order chi connectivity index (χ1) is 10.4. The molecule has 0 saturated heterocycles. The zero-order valence-corrected chi connectivity index (χ0v) is 11.7. The Balaban J connectivity index is 1.91. The monoisotopic (exact) mass is 284 g/mol. The van der Waals surface area contributed by atoms with E-state index in [0.29, 0.717) is 24.7 Å². The van der Waals surface area contributed by atoms with Gasteiger partial charge in [0.25, 0.3) is 0 Å². The summed E-state index contributed by atoms with van der Waals surface area (Å²) in [6, 6.07) is 9.49. The van der Waals surface area contributed by atoms with Gasteiger partial charge in [0.15, 0.2) is 11.5 Å². The minimum atomic E-state index is 0.468. The molecule has 3 rings (SSSR count). The number of fused-ring (bicyclic) bond motifs is 1. The Morgan fingerprint density at radius 2 is 1.90 bits per heavy atom. The zero-order chi connectivity index (χ0) is 14.5. The topological polar surface area (TPSA) is 56.4 Å². The number of nitrogens with one attached hydrogen (secondary N) is 1. The van der Waals surface area contributed by atoms with E-state index in [4.69, 9.17) is 14.2 Å². The van der Waals surface area contributed by atoms with Crippen molar-refractivity contribution in [2.45, 2.75) is 0 Å². The normalized spacial score (nSPS) is 10.7. The Bertz CT molecular complexity index is 710. The Labute approximate surface area is 122 Å². The highest BCUT2D eigenvalue weighted by atomic mass is 16.5. The fourth-order valence-corrected chi connectivity index (χ4v) is 2.02. The second-order valence-corrected chi connectivity index (χ2v) is 4.49. The van der Waals surface area contributed by atoms with E-state index in [1.54, 1.807) is 31.6 Å². The van der Waals surface area contributed by atoms with Crippen molar-refractivity contribution >= 4 is 10.9 Å². The van der Waals surface area contributed by atoms with Crippen molar-refractivity contribution in [2.75, 3.05) is 20.3 Å². The van der Waals surface area contributed by atoms with Crippen molar-refractivity contribution in [1.82, 2.24) is 9.97 Å². The molecule has 5 heteroatoms. The minimum Gasteiger partial charge on any atom is -0.487 e. The van der Waals surface area contributed by atoms with Gasteiger partial charge < -0.3 is 19.2 Å². The predicted molar refractivity (Wildman–Crippen MR) is 80.0 cm³/mol. The summed E-state index contributed by atoms with van der Waals surface area (Å²) in [5, 5.41) is 1.07. The van der Waals surface area contributed by atoms with Gasteiger partial charge in [0.2, 0.25) is 0 Å². The molecule has 3 aromatic rings. The molecule has 0 fully saturated rings. The van der Waals surface area contributed by atoms with Crippen LogP contribution in [0.5, 0.6) is 17.2 Å². The van der Waals surface area contributed by atoms with E-state index in [2.05, 4.69) is 9.97 Å². The number of hydrogen-bond acceptors (Lipinski definition) is 4. The molecule has 108 valence electrons. The number of rotatable bonds is 6. The maximum absolute atomic E-state index is 5.90. The Morgan fingerprint density at radius 3 is 2.71 bits per heavy atom. The first-order valence-electron chi connectivity index (χ1n) is 6.67. The molecule has 1 N–H and O–H groups in total. The van der Waals surface area contributed by atoms with E-state index in [-0.39, 0.29) is 0 Å². The molecule has 0 unspecified atom stereocenters. The lowest BCUT2D eigenvalue weighted by Crippen LogP contribution is -2.05. The SMILES string of the molecule is COCCOc1cc2[nH]ccc2cc1Oc1ccncc1. The smallest absolute Gasteiger partial charge is 0.170 e. The lowest BCUT2D eigenvalue weighted by molar-refractivity contribution is 0.145. The van der Waals surface area contributed by atoms with Crippen molar-refractivity contribution in [2.24, 2.45) is 0 Å². The van der Waals surface area contributed by atoms with Gasteiger partial charge in [-0.2, -0.15) is 0 Å². The Morgan fingerprint density at radius 1 is 1.05 bits per heavy atom. The van der Waals surface area contributed by atoms with E-state index in [0.717, 1.165) is 16.7 Å². The fourth-order valence-electron chi connectivity index (χ4n) is 2.02. The summed E-state index contributed by atoms with van der Waals surface area (Å²) in [6.07, 6.45) is 5.27. The number of aromatic amines is 1. The maximum atomic E-state index is 5.90. The third-order valence-corrected chi connectivity index (χ3v) is 3.04. The lowest BCUT2D eigenvalue weighted by atomic mass is 10.2. The number of ether oxygens (including phenoxy) is 3. The number of hydrogen-bond donors (Lipinski definition) is 1. The van der Waals surface area contributed by atoms with E-state index < -0.39 is 0 Å². The highest BCUT2D eigenvalue weighted by Gasteiger charge is 2.10. The number of pyridine rings is 1. The number of nitrogens with zero attached hydrogens (tertiary/aromatic N) is 1. The van der Waals surface area contributed by atoms with Crippen LogP contribution in [0.4, 0.5) is 0 Å². The van der Waals surface area contributed by atoms with Gasteiger partial charge in [0, 0.05) is 42.7 Å². The molecule has 0 saturated carbocycles. The van der Waals surface area contributed by atoms with Gasteiger partial charge in [-0.25, -0.2) is 0 Å². The molecule has 0 aliphatic heterocycles. The fraction of sp³-hybridized carbons (Fsp3) is 0.188. The Kier molecular flexibility index (Phi) is 4.02. The summed E-state index contributed by atoms with van der Waals surface area (Å²) in [5.41, 5.74) is 1.00. The van der Waals surface area contributed by atoms with Gasteiger partial charge in [-0.1, -0.05) is 0 Å². The molecule has 0 spiro atoms. The summed E-state index contributed by atoms with van der Waals surface area (Å²) in [7, 11) is 1.64. The molecule has 21 heavy (non-hydrogen) atoms. The second-order valence-electron chi connectivity index (χ2n) is 4.49. The van der Waals surface area contributed by atoms with Gasteiger partial charge in [-0.3, -0.25) is 4.98 Å². The summed E-state index contributed by atoms with van der Waals surface area (Å²) in [5.74, 6) is 2.07. The summed E-state index contributed by atoms with van der Waals surface area (Å²) in [4.78, 5) is 7.14. The van der Waals surface area contributed by atoms with E-state index in [1.807, 2.05) is 24.4 Å². The lowest BCUT2D eigenvalue weighted by Gasteiger charge is -2.12. The van der Waals surface area contributed by atoms with Crippen LogP contribution in [0, 0.1) is 0 Å². The maximum Gasteiger partial charge on any atom is 0.170 e. The molecule has 0 atom stereocenters. The third kappa shape index (κ3) is 3.14. The molecule has 0 aliphatic carbocycles. The van der Waals surface area contributed by atoms with Crippen molar-refractivity contribution in [1.29, 1.82) is 0 Å². The van der Waals surface area contributed by atoms with Crippen LogP contribution in [-0.4, -0.2) is 30.3 Å². The Hall–Kier alpha value is -2.53. The van der Waals surface area contributed by atoms with Gasteiger partial charge >= 0.3 is 0 Å². The van der Waals surface area contributed by atoms with Crippen LogP contribution < -0.4 is 9.47 Å². The second kappa shape index (κ2) is 6.28. The minimum absolute atomic E-state index is 0.468. The van der Waals surface area contributed by atoms with Crippen LogP contribution in [0.1, 0.15) is 0 Å². The standard InChI is InChI=1S/C16H16N2O3/c1-19-8-9-20-15-11-14-12(2-7-18-14)10-16(15)21-13-3-5-17-6-4-13/h2-7,10-11,18H,8-9H2,1H3. The van der Waals surface area contributed by atoms with Crippen LogP contribution in [0.15, 0.2) is 48.9 Å². The first kappa shape index (κ1) is 13.5. The molecule has 2 aromatic heterocycles. The zero-order valence-electron chi connectivity index (χ0n) is 11.7. The number of H-pyrrole nitrogens is 1. The molecular formula is C16H16N2O3. The van der Waals surface area contributed by atoms with Gasteiger partial charge in [0.05, 0.1) is 6.61 Å². The molecule has 0 aliphatic rings. The average molecular weight is 284 g/mol. The van der Waals surface area contributed by atoms with Crippen molar-refractivity contribution in [3.8, 4) is 17.2 Å². The highest BCUT2D eigenvalue weighted by molar-refractivity contribution is 5.83. The van der Waals surface area contributed by atoms with E-state index in [1.165, 1.54) is 0 Å². The van der Waals surface area contributed by atoms with Crippen LogP contribution >= 0.6 is 0 Å². The van der Waals surface area contributed by atoms with Crippen LogP contribution in [0.3, 0.4) is 0 Å². The summed E-state index contributed by atoms with van der Waals surface area (Å²) < 4.78 is 16.7. The van der Waals surface area contributed by atoms with Crippen LogP contribution in [-0.2, 0) is 4.74 Å². The summed E-state index contributed by atoms with van der Waals surface area (Å²) in [6.45, 7) is 0.993. The highest BCUT2D eigenvalue weighted by Crippen LogP contribution is 2.35. The summed E-state index contributed by atoms with van der Waals surface area (Å²) >= 11 is 0. The molecular weight excluding hydrogens is 268 g/mol. The molecule has 5 nitrogen and oxygen atoms in total. The molecule has 0 radical (unpaired) electrons. The molecule has 0 bridgehead atoms. The quantitative estimate of drug-likeness (QED) is 0.705. The van der Waals surface area contributed by atoms with Crippen molar-refractivity contribution in [3.63, 3.8) is 0 Å². The van der Waals surface area contributed by atoms with Gasteiger partial charge in [0.1, 0.15) is 12.4 Å². The number of benzene rings is 1. The van der Waals surface area contributed by atoms with Crippen molar-refractivity contribution in [3.05, 3.63) is 48.9 Å². The molecule has 2 heterocycles. The first-order valence-corrected chi connectivity index (χ1v) is 6.67. The average Bonchev–Trinajstić information content (AvgIpc) is 2.96. The van der Waals surface area contributed by atoms with E-state index >= 15 is 0 Å². The van der Waals surface area contributed by atoms with Crippen molar-refractivity contribution < 1.29 is 14.2 Å². The predicted octanol–water partition coefficient (Wildman–Crippen LogP) is 3.38. The molecule has 0 amide bonds. The van der Waals surface area contributed by atoms with E-state index in [9.17, 15) is 0 Å². The third-order valence-electron chi connectivity index (χ3n) is 3.04. The van der Waals surface area contributed by atoms with Crippen LogP contribution in [0.2, 0.25) is 0 Å². The van der Waals surface area contributed by atoms with Gasteiger partial charge in [-0.05, 0) is 24.3 Å².